The van der Waals surface area contributed by atoms with E-state index in [1.54, 1.807) is 36.4 Å². The fourth-order valence-corrected chi connectivity index (χ4v) is 2.29. The van der Waals surface area contributed by atoms with Crippen molar-refractivity contribution >= 4 is 11.9 Å². The molecule has 0 aliphatic carbocycles. The van der Waals surface area contributed by atoms with Crippen LogP contribution in [0.4, 0.5) is 0 Å². The molecule has 5 nitrogen and oxygen atoms in total. The fourth-order valence-electron chi connectivity index (χ4n) is 2.29. The van der Waals surface area contributed by atoms with E-state index in [1.165, 1.54) is 0 Å². The minimum Gasteiger partial charge on any atom is -0.466 e. The van der Waals surface area contributed by atoms with E-state index in [0.29, 0.717) is 25.3 Å². The molecule has 1 aliphatic rings. The molecule has 2 rings (SSSR count). The van der Waals surface area contributed by atoms with Crippen molar-refractivity contribution in [2.45, 2.75) is 19.8 Å². The summed E-state index contributed by atoms with van der Waals surface area (Å²) in [6.45, 7) is 3.31. The van der Waals surface area contributed by atoms with Crippen LogP contribution in [0, 0.1) is 5.92 Å². The lowest BCUT2D eigenvalue weighted by atomic mass is 9.97. The summed E-state index contributed by atoms with van der Waals surface area (Å²) < 4.78 is 5.03. The zero-order valence-electron chi connectivity index (χ0n) is 11.0. The van der Waals surface area contributed by atoms with Crippen molar-refractivity contribution in [3.8, 4) is 0 Å². The van der Waals surface area contributed by atoms with E-state index in [0.717, 1.165) is 12.8 Å². The molecule has 0 N–H and O–H groups in total. The van der Waals surface area contributed by atoms with E-state index in [4.69, 9.17) is 4.74 Å². The molecule has 1 aliphatic heterocycles. The lowest BCUT2D eigenvalue weighted by molar-refractivity contribution is -0.149. The van der Waals surface area contributed by atoms with Crippen molar-refractivity contribution in [1.29, 1.82) is 0 Å². The van der Waals surface area contributed by atoms with Gasteiger partial charge in [-0.3, -0.25) is 14.6 Å². The lowest BCUT2D eigenvalue weighted by Crippen LogP contribution is -2.42. The number of nitrogens with zero attached hydrogens (tertiary/aromatic N) is 2. The van der Waals surface area contributed by atoms with Gasteiger partial charge in [-0.05, 0) is 31.9 Å². The number of amides is 1. The minimum absolute atomic E-state index is 0.0450. The summed E-state index contributed by atoms with van der Waals surface area (Å²) in [5.74, 6) is -0.439. The van der Waals surface area contributed by atoms with E-state index in [-0.39, 0.29) is 17.8 Å². The average Bonchev–Trinajstić information content (AvgIpc) is 2.48. The van der Waals surface area contributed by atoms with Crippen LogP contribution < -0.4 is 0 Å². The minimum atomic E-state index is -0.199. The molecule has 0 bridgehead atoms. The van der Waals surface area contributed by atoms with Gasteiger partial charge in [0.05, 0.1) is 12.5 Å². The highest BCUT2D eigenvalue weighted by molar-refractivity contribution is 5.94. The quantitative estimate of drug-likeness (QED) is 0.774. The molecule has 0 saturated carbocycles. The summed E-state index contributed by atoms with van der Waals surface area (Å²) in [5.41, 5.74) is 0.611. The van der Waals surface area contributed by atoms with Crippen molar-refractivity contribution in [3.63, 3.8) is 0 Å². The molecule has 2 heterocycles. The smallest absolute Gasteiger partial charge is 0.310 e. The third-order valence-electron chi connectivity index (χ3n) is 3.26. The van der Waals surface area contributed by atoms with Gasteiger partial charge < -0.3 is 9.64 Å². The Hall–Kier alpha value is -1.91. The molecule has 1 fully saturated rings. The Kier molecular flexibility index (Phi) is 4.49. The molecule has 1 aromatic rings. The molecule has 0 spiro atoms. The van der Waals surface area contributed by atoms with Gasteiger partial charge in [-0.15, -0.1) is 0 Å². The number of piperidine rings is 1. The van der Waals surface area contributed by atoms with Crippen LogP contribution in [0.5, 0.6) is 0 Å². The van der Waals surface area contributed by atoms with E-state index in [9.17, 15) is 9.59 Å². The number of likely N-dealkylation sites (tertiary alicyclic amines) is 1. The van der Waals surface area contributed by atoms with Gasteiger partial charge in [0.25, 0.3) is 5.91 Å². The van der Waals surface area contributed by atoms with Crippen molar-refractivity contribution < 1.29 is 14.3 Å². The summed E-state index contributed by atoms with van der Waals surface area (Å²) in [5, 5.41) is 0. The second-order valence-electron chi connectivity index (χ2n) is 4.58. The van der Waals surface area contributed by atoms with Gasteiger partial charge in [0.15, 0.2) is 0 Å². The van der Waals surface area contributed by atoms with Crippen LogP contribution in [-0.2, 0) is 9.53 Å². The molecule has 0 aromatic carbocycles. The number of aromatic nitrogens is 1. The molecule has 0 unspecified atom stereocenters. The number of rotatable bonds is 3. The third-order valence-corrected chi connectivity index (χ3v) is 3.26. The van der Waals surface area contributed by atoms with E-state index < -0.39 is 0 Å². The molecule has 19 heavy (non-hydrogen) atoms. The second-order valence-corrected chi connectivity index (χ2v) is 4.58. The zero-order chi connectivity index (χ0) is 13.7. The number of carbonyl (C=O) groups is 2. The first-order valence-corrected chi connectivity index (χ1v) is 6.58. The summed E-state index contributed by atoms with van der Waals surface area (Å²) in [4.78, 5) is 29.6. The average molecular weight is 262 g/mol. The Bertz CT molecular complexity index is 447. The largest absolute Gasteiger partial charge is 0.466 e. The second kappa shape index (κ2) is 6.31. The Morgan fingerprint density at radius 2 is 2.16 bits per heavy atom. The van der Waals surface area contributed by atoms with E-state index in [1.807, 2.05) is 0 Å². The van der Waals surface area contributed by atoms with Gasteiger partial charge >= 0.3 is 5.97 Å². The van der Waals surface area contributed by atoms with Gasteiger partial charge in [0.2, 0.25) is 0 Å². The van der Waals surface area contributed by atoms with Crippen LogP contribution >= 0.6 is 0 Å². The van der Waals surface area contributed by atoms with Crippen molar-refractivity contribution in [3.05, 3.63) is 30.1 Å². The standard InChI is InChI=1S/C14H18N2O3/c1-2-19-14(18)12-4-3-9-16(10-12)13(17)11-5-7-15-8-6-11/h5-8,12H,2-4,9-10H2,1H3/t12-/m1/s1. The molecule has 1 saturated heterocycles. The number of ether oxygens (including phenoxy) is 1. The normalized spacial score (nSPS) is 19.0. The Morgan fingerprint density at radius 3 is 2.84 bits per heavy atom. The Labute approximate surface area is 112 Å². The monoisotopic (exact) mass is 262 g/mol. The van der Waals surface area contributed by atoms with Crippen molar-refractivity contribution in [2.75, 3.05) is 19.7 Å². The zero-order valence-corrected chi connectivity index (χ0v) is 11.0. The summed E-state index contributed by atoms with van der Waals surface area (Å²) >= 11 is 0. The van der Waals surface area contributed by atoms with E-state index in [2.05, 4.69) is 4.98 Å². The summed E-state index contributed by atoms with van der Waals surface area (Å²) in [6, 6.07) is 3.38. The first-order chi connectivity index (χ1) is 9.22. The van der Waals surface area contributed by atoms with Crippen LogP contribution in [0.1, 0.15) is 30.1 Å². The molecule has 1 amide bonds. The number of hydrogen-bond acceptors (Lipinski definition) is 4. The van der Waals surface area contributed by atoms with Gasteiger partial charge in [0.1, 0.15) is 0 Å². The lowest BCUT2D eigenvalue weighted by Gasteiger charge is -2.31. The Morgan fingerprint density at radius 1 is 1.42 bits per heavy atom. The number of hydrogen-bond donors (Lipinski definition) is 0. The topological polar surface area (TPSA) is 59.5 Å². The maximum absolute atomic E-state index is 12.3. The summed E-state index contributed by atoms with van der Waals surface area (Å²) in [7, 11) is 0. The van der Waals surface area contributed by atoms with Crippen LogP contribution in [0.25, 0.3) is 0 Å². The molecule has 102 valence electrons. The van der Waals surface area contributed by atoms with Gasteiger partial charge in [-0.2, -0.15) is 0 Å². The SMILES string of the molecule is CCOC(=O)[C@@H]1CCCN(C(=O)c2ccncc2)C1. The molecule has 1 aromatic heterocycles. The van der Waals surface area contributed by atoms with Crippen molar-refractivity contribution in [2.24, 2.45) is 5.92 Å². The maximum atomic E-state index is 12.3. The van der Waals surface area contributed by atoms with Crippen LogP contribution in [0.15, 0.2) is 24.5 Å². The maximum Gasteiger partial charge on any atom is 0.310 e. The highest BCUT2D eigenvalue weighted by Gasteiger charge is 2.29. The number of esters is 1. The molecule has 1 atom stereocenters. The fraction of sp³-hybridized carbons (Fsp3) is 0.500. The third kappa shape index (κ3) is 3.30. The van der Waals surface area contributed by atoms with Gasteiger partial charge in [-0.1, -0.05) is 0 Å². The molecule has 0 radical (unpaired) electrons. The van der Waals surface area contributed by atoms with Gasteiger partial charge in [-0.25, -0.2) is 0 Å². The van der Waals surface area contributed by atoms with E-state index >= 15 is 0 Å². The molecular formula is C14H18N2O3. The Balaban J connectivity index is 2.01. The predicted octanol–water partition coefficient (Wildman–Crippen LogP) is 1.50. The predicted molar refractivity (Wildman–Crippen MR) is 69.5 cm³/mol. The van der Waals surface area contributed by atoms with Crippen LogP contribution in [0.2, 0.25) is 0 Å². The number of pyridine rings is 1. The highest BCUT2D eigenvalue weighted by Crippen LogP contribution is 2.19. The van der Waals surface area contributed by atoms with Gasteiger partial charge in [0, 0.05) is 31.0 Å². The molecule has 5 heteroatoms. The van der Waals surface area contributed by atoms with Crippen molar-refractivity contribution in [1.82, 2.24) is 9.88 Å². The van der Waals surface area contributed by atoms with Crippen LogP contribution in [0.3, 0.4) is 0 Å². The number of carbonyl (C=O) groups excluding carboxylic acids is 2. The van der Waals surface area contributed by atoms with Crippen LogP contribution in [-0.4, -0.2) is 41.5 Å². The molecular weight excluding hydrogens is 244 g/mol. The highest BCUT2D eigenvalue weighted by atomic mass is 16.5. The first kappa shape index (κ1) is 13.5. The summed E-state index contributed by atoms with van der Waals surface area (Å²) in [6.07, 6.45) is 4.82. The first-order valence-electron chi connectivity index (χ1n) is 6.58.